The van der Waals surface area contributed by atoms with Crippen molar-refractivity contribution in [3.8, 4) is 0 Å². The zero-order valence-electron chi connectivity index (χ0n) is 11.7. The number of halogens is 2. The predicted molar refractivity (Wildman–Crippen MR) is 90.6 cm³/mol. The summed E-state index contributed by atoms with van der Waals surface area (Å²) < 4.78 is 0. The Hall–Kier alpha value is -1.22. The van der Waals surface area contributed by atoms with Gasteiger partial charge in [0.2, 0.25) is 0 Å². The number of hydrogen-bond acceptors (Lipinski definition) is 2. The van der Waals surface area contributed by atoms with Crippen molar-refractivity contribution in [2.75, 3.05) is 24.5 Å². The Labute approximate surface area is 135 Å². The Bertz CT molecular complexity index is 601. The molecule has 0 saturated carbocycles. The molecule has 0 bridgehead atoms. The van der Waals surface area contributed by atoms with Gasteiger partial charge in [-0.05, 0) is 30.2 Å². The molecule has 0 aliphatic carbocycles. The van der Waals surface area contributed by atoms with Crippen LogP contribution in [-0.2, 0) is 6.42 Å². The quantitative estimate of drug-likeness (QED) is 0.919. The fourth-order valence-corrected chi connectivity index (χ4v) is 3.13. The maximum absolute atomic E-state index is 6.17. The lowest BCUT2D eigenvalue weighted by molar-refractivity contribution is 0.473. The molecule has 21 heavy (non-hydrogen) atoms. The highest BCUT2D eigenvalue weighted by Crippen LogP contribution is 2.29. The molecule has 0 amide bonds. The van der Waals surface area contributed by atoms with Crippen LogP contribution in [0.15, 0.2) is 48.5 Å². The summed E-state index contributed by atoms with van der Waals surface area (Å²) in [4.78, 5) is 2.42. The van der Waals surface area contributed by atoms with Crippen LogP contribution in [0.5, 0.6) is 0 Å². The molecule has 1 saturated heterocycles. The standard InChI is InChI=1S/C17H18Cl2N2/c18-16-7-6-14(11-17(16)19)21-9-8-20-12-15(21)10-13-4-2-1-3-5-13/h1-7,11,15,20H,8-10,12H2. The molecule has 1 atom stereocenters. The van der Waals surface area contributed by atoms with Gasteiger partial charge in [-0.1, -0.05) is 53.5 Å². The topological polar surface area (TPSA) is 15.3 Å². The van der Waals surface area contributed by atoms with Crippen LogP contribution in [0.3, 0.4) is 0 Å². The molecule has 1 unspecified atom stereocenters. The molecule has 3 rings (SSSR count). The monoisotopic (exact) mass is 320 g/mol. The lowest BCUT2D eigenvalue weighted by atomic mass is 10.0. The molecule has 1 N–H and O–H groups in total. The van der Waals surface area contributed by atoms with Gasteiger partial charge in [-0.3, -0.25) is 0 Å². The molecule has 0 radical (unpaired) electrons. The third kappa shape index (κ3) is 3.52. The molecule has 110 valence electrons. The first-order chi connectivity index (χ1) is 10.2. The first-order valence-electron chi connectivity index (χ1n) is 7.20. The second-order valence-corrected chi connectivity index (χ2v) is 6.15. The summed E-state index contributed by atoms with van der Waals surface area (Å²) in [6.07, 6.45) is 1.02. The molecule has 0 aromatic heterocycles. The van der Waals surface area contributed by atoms with Gasteiger partial charge in [-0.15, -0.1) is 0 Å². The fraction of sp³-hybridized carbons (Fsp3) is 0.294. The maximum Gasteiger partial charge on any atom is 0.0612 e. The molecule has 1 aliphatic rings. The zero-order chi connectivity index (χ0) is 14.7. The molecule has 1 fully saturated rings. The highest BCUT2D eigenvalue weighted by molar-refractivity contribution is 6.42. The van der Waals surface area contributed by atoms with E-state index in [1.165, 1.54) is 5.56 Å². The lowest BCUT2D eigenvalue weighted by Crippen LogP contribution is -2.52. The second-order valence-electron chi connectivity index (χ2n) is 5.34. The van der Waals surface area contributed by atoms with Gasteiger partial charge >= 0.3 is 0 Å². The lowest BCUT2D eigenvalue weighted by Gasteiger charge is -2.38. The van der Waals surface area contributed by atoms with Crippen LogP contribution >= 0.6 is 23.2 Å². The third-order valence-corrected chi connectivity index (χ3v) is 4.64. The minimum atomic E-state index is 0.429. The van der Waals surface area contributed by atoms with Crippen LogP contribution in [0.2, 0.25) is 10.0 Å². The highest BCUT2D eigenvalue weighted by Gasteiger charge is 2.23. The first kappa shape index (κ1) is 14.7. The number of benzene rings is 2. The van der Waals surface area contributed by atoms with Gasteiger partial charge in [0.15, 0.2) is 0 Å². The van der Waals surface area contributed by atoms with Crippen molar-refractivity contribution in [3.05, 3.63) is 64.1 Å². The smallest absolute Gasteiger partial charge is 0.0612 e. The molecular weight excluding hydrogens is 303 g/mol. The Morgan fingerprint density at radius 1 is 1.05 bits per heavy atom. The van der Waals surface area contributed by atoms with E-state index >= 15 is 0 Å². The van der Waals surface area contributed by atoms with Crippen molar-refractivity contribution in [3.63, 3.8) is 0 Å². The Kier molecular flexibility index (Phi) is 4.69. The van der Waals surface area contributed by atoms with Gasteiger partial charge < -0.3 is 10.2 Å². The molecule has 1 heterocycles. The van der Waals surface area contributed by atoms with Gasteiger partial charge in [0.1, 0.15) is 0 Å². The van der Waals surface area contributed by atoms with Crippen LogP contribution in [0, 0.1) is 0 Å². The van der Waals surface area contributed by atoms with E-state index in [1.807, 2.05) is 12.1 Å². The van der Waals surface area contributed by atoms with Crippen molar-refractivity contribution in [2.45, 2.75) is 12.5 Å². The summed E-state index contributed by atoms with van der Waals surface area (Å²) in [5.41, 5.74) is 2.50. The van der Waals surface area contributed by atoms with Gasteiger partial charge in [-0.2, -0.15) is 0 Å². The summed E-state index contributed by atoms with van der Waals surface area (Å²) in [7, 11) is 0. The van der Waals surface area contributed by atoms with E-state index in [9.17, 15) is 0 Å². The van der Waals surface area contributed by atoms with Crippen molar-refractivity contribution in [1.29, 1.82) is 0 Å². The van der Waals surface area contributed by atoms with Crippen LogP contribution in [0.4, 0.5) is 5.69 Å². The second kappa shape index (κ2) is 6.69. The summed E-state index contributed by atoms with van der Waals surface area (Å²) >= 11 is 12.2. The van der Waals surface area contributed by atoms with E-state index in [2.05, 4.69) is 46.6 Å². The van der Waals surface area contributed by atoms with Crippen molar-refractivity contribution in [1.82, 2.24) is 5.32 Å². The van der Waals surface area contributed by atoms with E-state index in [4.69, 9.17) is 23.2 Å². The van der Waals surface area contributed by atoms with Crippen molar-refractivity contribution >= 4 is 28.9 Å². The maximum atomic E-state index is 6.17. The van der Waals surface area contributed by atoms with Gasteiger partial charge in [0.25, 0.3) is 0 Å². The van der Waals surface area contributed by atoms with Crippen LogP contribution in [0.1, 0.15) is 5.56 Å². The largest absolute Gasteiger partial charge is 0.366 e. The van der Waals surface area contributed by atoms with Crippen molar-refractivity contribution in [2.24, 2.45) is 0 Å². The molecule has 2 aromatic rings. The molecular formula is C17H18Cl2N2. The van der Waals surface area contributed by atoms with Gasteiger partial charge in [-0.25, -0.2) is 0 Å². The normalized spacial score (nSPS) is 18.8. The number of nitrogens with zero attached hydrogens (tertiary/aromatic N) is 1. The van der Waals surface area contributed by atoms with Crippen molar-refractivity contribution < 1.29 is 0 Å². The summed E-state index contributed by atoms with van der Waals surface area (Å²) in [5.74, 6) is 0. The summed E-state index contributed by atoms with van der Waals surface area (Å²) in [6.45, 7) is 2.95. The average molecular weight is 321 g/mol. The fourth-order valence-electron chi connectivity index (χ4n) is 2.83. The molecule has 2 aromatic carbocycles. The minimum Gasteiger partial charge on any atom is -0.366 e. The van der Waals surface area contributed by atoms with E-state index < -0.39 is 0 Å². The number of rotatable bonds is 3. The van der Waals surface area contributed by atoms with E-state index in [0.717, 1.165) is 31.7 Å². The van der Waals surface area contributed by atoms with E-state index in [1.54, 1.807) is 0 Å². The Morgan fingerprint density at radius 2 is 1.86 bits per heavy atom. The number of anilines is 1. The summed E-state index contributed by atoms with van der Waals surface area (Å²) in [6, 6.07) is 16.9. The average Bonchev–Trinajstić information content (AvgIpc) is 2.52. The SMILES string of the molecule is Clc1ccc(N2CCNCC2Cc2ccccc2)cc1Cl. The van der Waals surface area contributed by atoms with E-state index in [-0.39, 0.29) is 0 Å². The number of piperazine rings is 1. The minimum absolute atomic E-state index is 0.429. The zero-order valence-corrected chi connectivity index (χ0v) is 13.2. The van der Waals surface area contributed by atoms with Gasteiger partial charge in [0.05, 0.1) is 10.0 Å². The molecule has 2 nitrogen and oxygen atoms in total. The number of nitrogens with one attached hydrogen (secondary N) is 1. The van der Waals surface area contributed by atoms with Gasteiger partial charge in [0, 0.05) is 31.4 Å². The van der Waals surface area contributed by atoms with Crippen LogP contribution < -0.4 is 10.2 Å². The van der Waals surface area contributed by atoms with E-state index in [0.29, 0.717) is 16.1 Å². The number of hydrogen-bond donors (Lipinski definition) is 1. The molecule has 0 spiro atoms. The Morgan fingerprint density at radius 3 is 2.62 bits per heavy atom. The first-order valence-corrected chi connectivity index (χ1v) is 7.96. The highest BCUT2D eigenvalue weighted by atomic mass is 35.5. The predicted octanol–water partition coefficient (Wildman–Crippen LogP) is 4.01. The molecule has 4 heteroatoms. The summed E-state index contributed by atoms with van der Waals surface area (Å²) in [5, 5.41) is 4.70. The molecule has 1 aliphatic heterocycles. The van der Waals surface area contributed by atoms with Crippen LogP contribution in [-0.4, -0.2) is 25.7 Å². The third-order valence-electron chi connectivity index (χ3n) is 3.90. The Balaban J connectivity index is 1.82. The van der Waals surface area contributed by atoms with Crippen LogP contribution in [0.25, 0.3) is 0 Å².